The second kappa shape index (κ2) is 7.56. The molecule has 0 aliphatic carbocycles. The molecule has 0 radical (unpaired) electrons. The molecule has 0 saturated heterocycles. The number of aromatic nitrogens is 2. The summed E-state index contributed by atoms with van der Waals surface area (Å²) in [5.74, 6) is -0.869. The lowest BCUT2D eigenvalue weighted by molar-refractivity contribution is -0.138. The second-order valence-electron chi connectivity index (χ2n) is 6.21. The summed E-state index contributed by atoms with van der Waals surface area (Å²) in [5, 5.41) is 15.3. The van der Waals surface area contributed by atoms with Gasteiger partial charge in [0.05, 0.1) is 27.5 Å². The van der Waals surface area contributed by atoms with Crippen LogP contribution in [0.25, 0.3) is 16.3 Å². The van der Waals surface area contributed by atoms with Crippen LogP contribution < -0.4 is 0 Å². The molecule has 1 aromatic carbocycles. The first-order valence-corrected chi connectivity index (χ1v) is 9.16. The van der Waals surface area contributed by atoms with Gasteiger partial charge in [0.2, 0.25) is 0 Å². The highest BCUT2D eigenvalue weighted by Gasteiger charge is 2.30. The molecule has 0 unspecified atom stereocenters. The van der Waals surface area contributed by atoms with Gasteiger partial charge in [0.15, 0.2) is 0 Å². The van der Waals surface area contributed by atoms with E-state index >= 15 is 0 Å². The summed E-state index contributed by atoms with van der Waals surface area (Å²) in [6.45, 7) is 1.96. The normalized spacial score (nSPS) is 11.7. The molecule has 4 nitrogen and oxygen atoms in total. The number of carboxylic acids is 1. The summed E-state index contributed by atoms with van der Waals surface area (Å²) in [4.78, 5) is 11.7. The molecule has 27 heavy (non-hydrogen) atoms. The van der Waals surface area contributed by atoms with Crippen LogP contribution in [0.4, 0.5) is 13.2 Å². The molecule has 1 N–H and O–H groups in total. The van der Waals surface area contributed by atoms with Crippen molar-refractivity contribution in [2.45, 2.75) is 32.4 Å². The van der Waals surface area contributed by atoms with Gasteiger partial charge in [-0.3, -0.25) is 4.79 Å². The Kier molecular flexibility index (Phi) is 5.36. The minimum absolute atomic E-state index is 0.0422. The molecule has 0 fully saturated rings. The Bertz CT molecular complexity index is 943. The van der Waals surface area contributed by atoms with Crippen LogP contribution >= 0.6 is 11.3 Å². The van der Waals surface area contributed by atoms with Crippen molar-refractivity contribution in [3.05, 3.63) is 58.6 Å². The Morgan fingerprint density at radius 1 is 1.22 bits per heavy atom. The lowest BCUT2D eigenvalue weighted by Gasteiger charge is -2.09. The third-order valence-corrected chi connectivity index (χ3v) is 5.08. The summed E-state index contributed by atoms with van der Waals surface area (Å²) in [7, 11) is 0. The van der Waals surface area contributed by atoms with E-state index in [0.29, 0.717) is 24.2 Å². The van der Waals surface area contributed by atoms with Crippen molar-refractivity contribution in [3.8, 4) is 16.3 Å². The van der Waals surface area contributed by atoms with Gasteiger partial charge in [-0.2, -0.15) is 18.3 Å². The number of hydrogen-bond acceptors (Lipinski definition) is 3. The first-order valence-electron chi connectivity index (χ1n) is 8.28. The molecular weight excluding hydrogens is 377 g/mol. The number of hydrogen-bond donors (Lipinski definition) is 1. The quantitative estimate of drug-likeness (QED) is 0.614. The highest BCUT2D eigenvalue weighted by molar-refractivity contribution is 7.13. The van der Waals surface area contributed by atoms with Crippen molar-refractivity contribution >= 4 is 17.3 Å². The molecule has 0 aliphatic heterocycles. The number of thiophene rings is 1. The van der Waals surface area contributed by atoms with Gasteiger partial charge in [-0.15, -0.1) is 11.3 Å². The van der Waals surface area contributed by atoms with Crippen molar-refractivity contribution in [2.75, 3.05) is 0 Å². The zero-order chi connectivity index (χ0) is 19.6. The van der Waals surface area contributed by atoms with Crippen LogP contribution in [0, 0.1) is 6.92 Å². The van der Waals surface area contributed by atoms with Gasteiger partial charge >= 0.3 is 12.1 Å². The van der Waals surface area contributed by atoms with Gasteiger partial charge in [0, 0.05) is 6.42 Å². The van der Waals surface area contributed by atoms with Crippen LogP contribution in [-0.4, -0.2) is 20.9 Å². The van der Waals surface area contributed by atoms with E-state index in [1.807, 2.05) is 24.4 Å². The van der Waals surface area contributed by atoms with Gasteiger partial charge in [0.25, 0.3) is 0 Å². The largest absolute Gasteiger partial charge is 0.481 e. The maximum absolute atomic E-state index is 12.8. The highest BCUT2D eigenvalue weighted by Crippen LogP contribution is 2.32. The minimum atomic E-state index is -4.39. The number of alkyl halides is 3. The van der Waals surface area contributed by atoms with Crippen LogP contribution in [0.15, 0.2) is 41.8 Å². The van der Waals surface area contributed by atoms with Gasteiger partial charge in [0.1, 0.15) is 0 Å². The average molecular weight is 394 g/mol. The number of carbonyl (C=O) groups is 1. The van der Waals surface area contributed by atoms with Crippen LogP contribution in [0.5, 0.6) is 0 Å². The van der Waals surface area contributed by atoms with E-state index in [9.17, 15) is 18.0 Å². The average Bonchev–Trinajstić information content (AvgIpc) is 3.20. The number of benzene rings is 1. The monoisotopic (exact) mass is 394 g/mol. The smallest absolute Gasteiger partial charge is 0.416 e. The Labute approximate surface area is 157 Å². The Hall–Kier alpha value is -2.61. The predicted octanol–water partition coefficient (Wildman–Crippen LogP) is 5.34. The number of rotatable bonds is 6. The summed E-state index contributed by atoms with van der Waals surface area (Å²) < 4.78 is 40.0. The van der Waals surface area contributed by atoms with Crippen molar-refractivity contribution in [1.82, 2.24) is 9.78 Å². The third kappa shape index (κ3) is 4.57. The Balaban J connectivity index is 1.96. The number of carboxylic acid groups (broad SMARTS) is 1. The van der Waals surface area contributed by atoms with Crippen LogP contribution in [-0.2, 0) is 17.4 Å². The maximum atomic E-state index is 12.8. The second-order valence-corrected chi connectivity index (χ2v) is 7.12. The van der Waals surface area contributed by atoms with E-state index in [0.717, 1.165) is 28.3 Å². The Morgan fingerprint density at radius 3 is 2.48 bits per heavy atom. The number of nitrogens with zero attached hydrogens (tertiary/aromatic N) is 2. The van der Waals surface area contributed by atoms with Gasteiger partial charge in [-0.25, -0.2) is 4.68 Å². The number of halogens is 3. The fourth-order valence-electron chi connectivity index (χ4n) is 2.70. The van der Waals surface area contributed by atoms with Crippen molar-refractivity contribution in [2.24, 2.45) is 0 Å². The minimum Gasteiger partial charge on any atom is -0.481 e. The standard InChI is InChI=1S/C19H17F3N2O2S/c1-12-9-17(27-11-12)16-10-14(3-2-4-18(25)26)23-24(16)15-7-5-13(6-8-15)19(20,21)22/h5-11H,2-4H2,1H3,(H,25,26). The zero-order valence-corrected chi connectivity index (χ0v) is 15.3. The lowest BCUT2D eigenvalue weighted by Crippen LogP contribution is -2.06. The fraction of sp³-hybridized carbons (Fsp3) is 0.263. The molecule has 0 saturated carbocycles. The van der Waals surface area contributed by atoms with E-state index in [4.69, 9.17) is 5.11 Å². The molecule has 0 bridgehead atoms. The van der Waals surface area contributed by atoms with Crippen molar-refractivity contribution in [3.63, 3.8) is 0 Å². The van der Waals surface area contributed by atoms with Crippen LogP contribution in [0.2, 0.25) is 0 Å². The molecule has 3 rings (SSSR count). The van der Waals surface area contributed by atoms with E-state index in [1.165, 1.54) is 23.5 Å². The topological polar surface area (TPSA) is 55.1 Å². The molecule has 0 amide bonds. The Morgan fingerprint density at radius 2 is 1.93 bits per heavy atom. The number of aryl methyl sites for hydroxylation is 2. The molecule has 0 aliphatic rings. The van der Waals surface area contributed by atoms with E-state index in [2.05, 4.69) is 5.10 Å². The first kappa shape index (κ1) is 19.2. The van der Waals surface area contributed by atoms with E-state index in [1.54, 1.807) is 4.68 Å². The van der Waals surface area contributed by atoms with E-state index in [-0.39, 0.29) is 6.42 Å². The fourth-order valence-corrected chi connectivity index (χ4v) is 3.60. The van der Waals surface area contributed by atoms with Crippen molar-refractivity contribution in [1.29, 1.82) is 0 Å². The van der Waals surface area contributed by atoms with E-state index < -0.39 is 17.7 Å². The summed E-state index contributed by atoms with van der Waals surface area (Å²) in [6, 6.07) is 8.70. The molecule has 142 valence electrons. The summed E-state index contributed by atoms with van der Waals surface area (Å²) in [5.41, 5.74) is 2.38. The summed E-state index contributed by atoms with van der Waals surface area (Å²) >= 11 is 1.53. The van der Waals surface area contributed by atoms with Crippen molar-refractivity contribution < 1.29 is 23.1 Å². The third-order valence-electron chi connectivity index (χ3n) is 4.01. The molecule has 0 spiro atoms. The predicted molar refractivity (Wildman–Crippen MR) is 97.2 cm³/mol. The van der Waals surface area contributed by atoms with Crippen LogP contribution in [0.1, 0.15) is 29.7 Å². The summed E-state index contributed by atoms with van der Waals surface area (Å²) in [6.07, 6.45) is -3.42. The molecular formula is C19H17F3N2O2S. The molecule has 2 aromatic heterocycles. The lowest BCUT2D eigenvalue weighted by atomic mass is 10.1. The maximum Gasteiger partial charge on any atom is 0.416 e. The van der Waals surface area contributed by atoms with Gasteiger partial charge in [-0.1, -0.05) is 0 Å². The van der Waals surface area contributed by atoms with Crippen LogP contribution in [0.3, 0.4) is 0 Å². The highest BCUT2D eigenvalue weighted by atomic mass is 32.1. The van der Waals surface area contributed by atoms with Gasteiger partial charge < -0.3 is 5.11 Å². The molecule has 8 heteroatoms. The number of aliphatic carboxylic acids is 1. The molecule has 2 heterocycles. The first-order chi connectivity index (χ1) is 12.7. The van der Waals surface area contributed by atoms with Gasteiger partial charge in [-0.05, 0) is 67.1 Å². The zero-order valence-electron chi connectivity index (χ0n) is 14.5. The molecule has 3 aromatic rings. The SMILES string of the molecule is Cc1csc(-c2cc(CCCC(=O)O)nn2-c2ccc(C(F)(F)F)cc2)c1. The molecule has 0 atom stereocenters.